The van der Waals surface area contributed by atoms with Crippen molar-refractivity contribution >= 4 is 5.97 Å². The molecule has 0 rings (SSSR count). The number of carboxylic acid groups (broad SMARTS) is 1. The molecular weight excluding hydrogens is 312 g/mol. The summed E-state index contributed by atoms with van der Waals surface area (Å²) in [5.41, 5.74) is 0. The van der Waals surface area contributed by atoms with Crippen LogP contribution in [0.3, 0.4) is 0 Å². The highest BCUT2D eigenvalue weighted by Crippen LogP contribution is 2.14. The summed E-state index contributed by atoms with van der Waals surface area (Å²) in [4.78, 5) is 10.4. The first kappa shape index (κ1) is 24.0. The van der Waals surface area contributed by atoms with Crippen LogP contribution in [0, 0.1) is 0 Å². The zero-order chi connectivity index (χ0) is 18.6. The summed E-state index contributed by atoms with van der Waals surface area (Å²) in [6.45, 7) is 2.27. The Morgan fingerprint density at radius 1 is 0.600 bits per heavy atom. The molecule has 0 spiro atoms. The van der Waals surface area contributed by atoms with Gasteiger partial charge in [0.15, 0.2) is 5.76 Å². The number of hydrogen-bond acceptors (Lipinski definition) is 2. The van der Waals surface area contributed by atoms with Crippen molar-refractivity contribution in [1.29, 1.82) is 0 Å². The molecule has 0 bridgehead atoms. The SMILES string of the molecule is CCCCCCCCCCCCCCCCCCCC=C(O)C(=O)O. The van der Waals surface area contributed by atoms with Crippen LogP contribution in [0.2, 0.25) is 0 Å². The largest absolute Gasteiger partial charge is 0.502 e. The van der Waals surface area contributed by atoms with Gasteiger partial charge in [-0.1, -0.05) is 110 Å². The van der Waals surface area contributed by atoms with E-state index in [1.54, 1.807) is 0 Å². The molecule has 0 aromatic carbocycles. The molecular formula is C22H42O3. The van der Waals surface area contributed by atoms with Crippen LogP contribution in [0.1, 0.15) is 122 Å². The number of unbranched alkanes of at least 4 members (excludes halogenated alkanes) is 17. The first-order valence-corrected chi connectivity index (χ1v) is 10.8. The van der Waals surface area contributed by atoms with Gasteiger partial charge >= 0.3 is 5.97 Å². The topological polar surface area (TPSA) is 57.5 Å². The zero-order valence-corrected chi connectivity index (χ0v) is 16.6. The first-order valence-electron chi connectivity index (χ1n) is 10.8. The second kappa shape index (κ2) is 19.3. The normalized spacial score (nSPS) is 11.8. The molecule has 0 unspecified atom stereocenters. The third kappa shape index (κ3) is 19.2. The Hall–Kier alpha value is -0.990. The van der Waals surface area contributed by atoms with E-state index in [9.17, 15) is 4.79 Å². The van der Waals surface area contributed by atoms with E-state index in [1.807, 2.05) is 0 Å². The van der Waals surface area contributed by atoms with Gasteiger partial charge in [-0.15, -0.1) is 0 Å². The molecule has 2 N–H and O–H groups in total. The van der Waals surface area contributed by atoms with E-state index in [4.69, 9.17) is 10.2 Å². The summed E-state index contributed by atoms with van der Waals surface area (Å²) in [5.74, 6) is -1.75. The maximum Gasteiger partial charge on any atom is 0.370 e. The first-order chi connectivity index (χ1) is 12.2. The Morgan fingerprint density at radius 2 is 0.920 bits per heavy atom. The quantitative estimate of drug-likeness (QED) is 0.143. The van der Waals surface area contributed by atoms with Crippen molar-refractivity contribution in [3.63, 3.8) is 0 Å². The lowest BCUT2D eigenvalue weighted by molar-refractivity contribution is -0.135. The molecule has 0 saturated carbocycles. The molecule has 0 aliphatic carbocycles. The Labute approximate surface area is 155 Å². The van der Waals surface area contributed by atoms with Gasteiger partial charge in [0, 0.05) is 0 Å². The standard InChI is InChI=1S/C22H42O3/c1-2-3-4-5-6-7-8-9-10-11-12-13-14-15-16-17-18-19-20-21(23)22(24)25/h20,23H,2-19H2,1H3,(H,24,25). The van der Waals surface area contributed by atoms with Crippen molar-refractivity contribution in [2.45, 2.75) is 122 Å². The summed E-state index contributed by atoms with van der Waals surface area (Å²) in [5, 5.41) is 17.5. The highest BCUT2D eigenvalue weighted by molar-refractivity contribution is 5.83. The van der Waals surface area contributed by atoms with Crippen LogP contribution in [0.5, 0.6) is 0 Å². The van der Waals surface area contributed by atoms with E-state index in [-0.39, 0.29) is 0 Å². The predicted molar refractivity (Wildman–Crippen MR) is 107 cm³/mol. The number of rotatable bonds is 19. The van der Waals surface area contributed by atoms with Crippen molar-refractivity contribution in [2.24, 2.45) is 0 Å². The number of carbonyl (C=O) groups is 1. The number of allylic oxidation sites excluding steroid dienone is 1. The fraction of sp³-hybridized carbons (Fsp3) is 0.864. The molecule has 0 heterocycles. The summed E-state index contributed by atoms with van der Waals surface area (Å²) in [6.07, 6.45) is 24.9. The highest BCUT2D eigenvalue weighted by Gasteiger charge is 2.01. The molecule has 0 aliphatic heterocycles. The molecule has 0 amide bonds. The van der Waals surface area contributed by atoms with E-state index in [2.05, 4.69) is 6.92 Å². The molecule has 25 heavy (non-hydrogen) atoms. The van der Waals surface area contributed by atoms with Crippen molar-refractivity contribution in [3.05, 3.63) is 11.8 Å². The van der Waals surface area contributed by atoms with Gasteiger partial charge in [-0.2, -0.15) is 0 Å². The van der Waals surface area contributed by atoms with E-state index < -0.39 is 11.7 Å². The van der Waals surface area contributed by atoms with Crippen molar-refractivity contribution < 1.29 is 15.0 Å². The summed E-state index contributed by atoms with van der Waals surface area (Å²) in [6, 6.07) is 0. The van der Waals surface area contributed by atoms with Crippen LogP contribution in [0.25, 0.3) is 0 Å². The van der Waals surface area contributed by atoms with Crippen LogP contribution in [0.4, 0.5) is 0 Å². The van der Waals surface area contributed by atoms with Gasteiger partial charge in [0.1, 0.15) is 0 Å². The number of carboxylic acids is 1. The lowest BCUT2D eigenvalue weighted by Crippen LogP contribution is -1.98. The zero-order valence-electron chi connectivity index (χ0n) is 16.6. The summed E-state index contributed by atoms with van der Waals surface area (Å²) >= 11 is 0. The Bertz CT molecular complexity index is 323. The summed E-state index contributed by atoms with van der Waals surface area (Å²) in [7, 11) is 0. The summed E-state index contributed by atoms with van der Waals surface area (Å²) < 4.78 is 0. The van der Waals surface area contributed by atoms with Crippen LogP contribution in [-0.2, 0) is 4.79 Å². The second-order valence-corrected chi connectivity index (χ2v) is 7.34. The third-order valence-corrected chi connectivity index (χ3v) is 4.86. The average Bonchev–Trinajstić information content (AvgIpc) is 2.60. The average molecular weight is 355 g/mol. The lowest BCUT2D eigenvalue weighted by Gasteiger charge is -2.03. The van der Waals surface area contributed by atoms with Gasteiger partial charge in [-0.25, -0.2) is 4.79 Å². The van der Waals surface area contributed by atoms with Gasteiger partial charge in [-0.3, -0.25) is 0 Å². The number of aliphatic hydroxyl groups is 1. The highest BCUT2D eigenvalue weighted by atomic mass is 16.4. The molecule has 148 valence electrons. The molecule has 0 fully saturated rings. The fourth-order valence-electron chi connectivity index (χ4n) is 3.20. The molecule has 0 atom stereocenters. The monoisotopic (exact) mass is 354 g/mol. The van der Waals surface area contributed by atoms with E-state index in [0.29, 0.717) is 6.42 Å². The van der Waals surface area contributed by atoms with Gasteiger partial charge < -0.3 is 10.2 Å². The molecule has 0 saturated heterocycles. The third-order valence-electron chi connectivity index (χ3n) is 4.86. The van der Waals surface area contributed by atoms with Gasteiger partial charge in [-0.05, 0) is 18.9 Å². The molecule has 0 aromatic rings. The van der Waals surface area contributed by atoms with E-state index >= 15 is 0 Å². The van der Waals surface area contributed by atoms with Crippen LogP contribution in [-0.4, -0.2) is 16.2 Å². The minimum atomic E-state index is -1.23. The molecule has 0 aliphatic rings. The predicted octanol–water partition coefficient (Wildman–Crippen LogP) is 7.55. The molecule has 0 aromatic heterocycles. The van der Waals surface area contributed by atoms with Crippen molar-refractivity contribution in [1.82, 2.24) is 0 Å². The number of aliphatic carboxylic acids is 1. The van der Waals surface area contributed by atoms with Gasteiger partial charge in [0.05, 0.1) is 0 Å². The van der Waals surface area contributed by atoms with Gasteiger partial charge in [0.2, 0.25) is 0 Å². The Balaban J connectivity index is 3.10. The number of aliphatic hydroxyl groups excluding tert-OH is 1. The van der Waals surface area contributed by atoms with Crippen LogP contribution < -0.4 is 0 Å². The molecule has 3 heteroatoms. The van der Waals surface area contributed by atoms with Crippen molar-refractivity contribution in [3.8, 4) is 0 Å². The van der Waals surface area contributed by atoms with E-state index in [1.165, 1.54) is 102 Å². The molecule has 3 nitrogen and oxygen atoms in total. The second-order valence-electron chi connectivity index (χ2n) is 7.34. The Morgan fingerprint density at radius 3 is 1.24 bits per heavy atom. The lowest BCUT2D eigenvalue weighted by atomic mass is 10.0. The van der Waals surface area contributed by atoms with Crippen LogP contribution >= 0.6 is 0 Å². The van der Waals surface area contributed by atoms with Gasteiger partial charge in [0.25, 0.3) is 0 Å². The smallest absolute Gasteiger partial charge is 0.370 e. The van der Waals surface area contributed by atoms with Crippen LogP contribution in [0.15, 0.2) is 11.8 Å². The molecule has 0 radical (unpaired) electrons. The maximum atomic E-state index is 10.4. The maximum absolute atomic E-state index is 10.4. The Kier molecular flexibility index (Phi) is 18.6. The number of hydrogen-bond donors (Lipinski definition) is 2. The van der Waals surface area contributed by atoms with E-state index in [0.717, 1.165) is 12.8 Å². The van der Waals surface area contributed by atoms with Crippen molar-refractivity contribution in [2.75, 3.05) is 0 Å². The minimum Gasteiger partial charge on any atom is -0.502 e. The fourth-order valence-corrected chi connectivity index (χ4v) is 3.20. The minimum absolute atomic E-state index is 0.517.